The second-order valence-electron chi connectivity index (χ2n) is 11.2. The van der Waals surface area contributed by atoms with Crippen molar-refractivity contribution in [3.05, 3.63) is 35.0 Å². The minimum atomic E-state index is -4.62. The van der Waals surface area contributed by atoms with E-state index in [-0.39, 0.29) is 29.6 Å². The van der Waals surface area contributed by atoms with E-state index in [0.29, 0.717) is 62.6 Å². The third-order valence-corrected chi connectivity index (χ3v) is 9.24. The first-order valence-electron chi connectivity index (χ1n) is 14.7. The maximum atomic E-state index is 14.0. The van der Waals surface area contributed by atoms with Gasteiger partial charge in [-0.3, -0.25) is 14.3 Å². The Bertz CT molecular complexity index is 1290. The molecule has 0 bridgehead atoms. The van der Waals surface area contributed by atoms with Crippen molar-refractivity contribution in [1.82, 2.24) is 24.5 Å². The Kier molecular flexibility index (Phi) is 10.3. The normalized spacial score (nSPS) is 18.9. The van der Waals surface area contributed by atoms with Crippen LogP contribution in [0.1, 0.15) is 36.1 Å². The van der Waals surface area contributed by atoms with E-state index in [1.165, 1.54) is 23.5 Å². The number of thioether (sulfide) groups is 1. The molecule has 2 saturated heterocycles. The lowest BCUT2D eigenvalue weighted by Crippen LogP contribution is -2.41. The average molecular weight is 626 g/mol. The van der Waals surface area contributed by atoms with Gasteiger partial charge in [-0.25, -0.2) is 0 Å². The summed E-state index contributed by atoms with van der Waals surface area (Å²) in [6.45, 7) is 4.03. The summed E-state index contributed by atoms with van der Waals surface area (Å²) in [5.74, 6) is -0.852. The van der Waals surface area contributed by atoms with Gasteiger partial charge in [-0.15, -0.1) is 11.8 Å². The summed E-state index contributed by atoms with van der Waals surface area (Å²) < 4.78 is 49.0. The SMILES string of the molecule is O=C(CSc1cc(-c2nn(CC(O)CN3CCCCC3)c3c2CN(C(=O)CO)CC3)ccc1C(F)(F)F)N1CCOCC1. The number of likely N-dealkylation sites (tertiary alicyclic amines) is 1. The van der Waals surface area contributed by atoms with E-state index >= 15 is 0 Å². The molecule has 1 unspecified atom stereocenters. The number of alkyl halides is 3. The molecule has 3 aliphatic rings. The Hall–Kier alpha value is -2.65. The molecule has 0 radical (unpaired) electrons. The largest absolute Gasteiger partial charge is 0.417 e. The van der Waals surface area contributed by atoms with Crippen molar-refractivity contribution in [2.75, 3.05) is 64.8 Å². The van der Waals surface area contributed by atoms with Gasteiger partial charge in [0.2, 0.25) is 11.8 Å². The molecular formula is C29H38F3N5O5S. The molecule has 43 heavy (non-hydrogen) atoms. The molecule has 14 heteroatoms. The number of fused-ring (bicyclic) bond motifs is 1. The van der Waals surface area contributed by atoms with Crippen molar-refractivity contribution in [1.29, 1.82) is 0 Å². The average Bonchev–Trinajstić information content (AvgIpc) is 3.36. The number of aromatic nitrogens is 2. The molecule has 2 N–H and O–H groups in total. The third kappa shape index (κ3) is 7.72. The van der Waals surface area contributed by atoms with Crippen LogP contribution >= 0.6 is 11.8 Å². The van der Waals surface area contributed by atoms with Crippen molar-refractivity contribution >= 4 is 23.6 Å². The number of amides is 2. The molecule has 2 amide bonds. The molecular weight excluding hydrogens is 587 g/mol. The molecule has 0 saturated carbocycles. The standard InChI is InChI=1S/C29H38F3N5O5S/c30-29(31,32)23-5-4-20(14-25(23)43-19-27(41)35-10-12-42-13-11-35)28-22-17-36(26(40)18-38)9-6-24(22)37(33-28)16-21(39)15-34-7-2-1-3-8-34/h4-5,14,21,38-39H,1-3,6-13,15-19H2. The number of morpholine rings is 1. The minimum Gasteiger partial charge on any atom is -0.390 e. The van der Waals surface area contributed by atoms with Crippen LogP contribution in [0.3, 0.4) is 0 Å². The maximum absolute atomic E-state index is 14.0. The maximum Gasteiger partial charge on any atom is 0.417 e. The fraction of sp³-hybridized carbons (Fsp3) is 0.621. The summed E-state index contributed by atoms with van der Waals surface area (Å²) in [6, 6.07) is 3.78. The summed E-state index contributed by atoms with van der Waals surface area (Å²) >= 11 is 0.838. The topological polar surface area (TPSA) is 111 Å². The molecule has 10 nitrogen and oxygen atoms in total. The van der Waals surface area contributed by atoms with Gasteiger partial charge in [-0.1, -0.05) is 12.5 Å². The zero-order chi connectivity index (χ0) is 30.6. The van der Waals surface area contributed by atoms with Crippen molar-refractivity contribution in [3.8, 4) is 11.3 Å². The van der Waals surface area contributed by atoms with E-state index in [9.17, 15) is 33.0 Å². The summed E-state index contributed by atoms with van der Waals surface area (Å²) in [6.07, 6.45) is -1.52. The quantitative estimate of drug-likeness (QED) is 0.409. The number of benzene rings is 1. The van der Waals surface area contributed by atoms with Gasteiger partial charge >= 0.3 is 6.18 Å². The molecule has 236 valence electrons. The first kappa shape index (κ1) is 31.8. The van der Waals surface area contributed by atoms with E-state index in [4.69, 9.17) is 9.84 Å². The summed E-state index contributed by atoms with van der Waals surface area (Å²) in [7, 11) is 0. The van der Waals surface area contributed by atoms with Gasteiger partial charge in [0.15, 0.2) is 0 Å². The zero-order valence-corrected chi connectivity index (χ0v) is 24.8. The van der Waals surface area contributed by atoms with E-state index in [0.717, 1.165) is 49.5 Å². The van der Waals surface area contributed by atoms with Crippen LogP contribution in [0.25, 0.3) is 11.3 Å². The van der Waals surface area contributed by atoms with Crippen LogP contribution in [0, 0.1) is 0 Å². The highest BCUT2D eigenvalue weighted by Crippen LogP contribution is 2.40. The van der Waals surface area contributed by atoms with Crippen molar-refractivity contribution in [2.24, 2.45) is 0 Å². The van der Waals surface area contributed by atoms with Gasteiger partial charge in [-0.2, -0.15) is 18.3 Å². The van der Waals surface area contributed by atoms with E-state index in [1.807, 2.05) is 0 Å². The number of piperidine rings is 1. The zero-order valence-electron chi connectivity index (χ0n) is 24.0. The van der Waals surface area contributed by atoms with Gasteiger partial charge in [0, 0.05) is 60.9 Å². The Morgan fingerprint density at radius 2 is 1.74 bits per heavy atom. The van der Waals surface area contributed by atoms with Crippen LogP contribution in [0.15, 0.2) is 23.1 Å². The molecule has 4 heterocycles. The second-order valence-corrected chi connectivity index (χ2v) is 12.2. The summed E-state index contributed by atoms with van der Waals surface area (Å²) in [5.41, 5.74) is 1.50. The Morgan fingerprint density at radius 3 is 2.44 bits per heavy atom. The molecule has 1 aromatic carbocycles. The number of hydrogen-bond acceptors (Lipinski definition) is 8. The van der Waals surface area contributed by atoms with Gasteiger partial charge in [0.25, 0.3) is 0 Å². The van der Waals surface area contributed by atoms with Gasteiger partial charge in [0.1, 0.15) is 6.61 Å². The number of β-amino-alcohol motifs (C(OH)–C–C–N with tert-alkyl or cyclic N) is 1. The molecule has 2 fully saturated rings. The number of halogens is 3. The lowest BCUT2D eigenvalue weighted by Gasteiger charge is -2.29. The molecule has 1 aromatic heterocycles. The number of nitrogens with zero attached hydrogens (tertiary/aromatic N) is 5. The van der Waals surface area contributed by atoms with Gasteiger partial charge in [-0.05, 0) is 38.1 Å². The highest BCUT2D eigenvalue weighted by atomic mass is 32.2. The molecule has 2 aromatic rings. The van der Waals surface area contributed by atoms with Crippen LogP contribution in [-0.4, -0.2) is 117 Å². The number of carbonyl (C=O) groups is 2. The fourth-order valence-corrected chi connectivity index (χ4v) is 6.96. The predicted molar refractivity (Wildman–Crippen MR) is 153 cm³/mol. The number of ether oxygens (including phenoxy) is 1. The number of aliphatic hydroxyl groups excluding tert-OH is 2. The lowest BCUT2D eigenvalue weighted by atomic mass is 9.99. The van der Waals surface area contributed by atoms with Crippen LogP contribution in [0.5, 0.6) is 0 Å². The Morgan fingerprint density at radius 1 is 1.00 bits per heavy atom. The summed E-state index contributed by atoms with van der Waals surface area (Å²) in [4.78, 5) is 30.3. The van der Waals surface area contributed by atoms with Gasteiger partial charge < -0.3 is 29.6 Å². The first-order valence-corrected chi connectivity index (χ1v) is 15.7. The molecule has 1 atom stereocenters. The highest BCUT2D eigenvalue weighted by Gasteiger charge is 2.35. The van der Waals surface area contributed by atoms with Crippen LogP contribution in [0.2, 0.25) is 0 Å². The number of carbonyl (C=O) groups excluding carboxylic acids is 2. The van der Waals surface area contributed by atoms with Crippen LogP contribution in [0.4, 0.5) is 13.2 Å². The van der Waals surface area contributed by atoms with Crippen molar-refractivity contribution in [3.63, 3.8) is 0 Å². The molecule has 0 spiro atoms. The number of rotatable bonds is 9. The van der Waals surface area contributed by atoms with E-state index in [2.05, 4.69) is 4.90 Å². The van der Waals surface area contributed by atoms with Crippen molar-refractivity contribution < 1.29 is 37.7 Å². The second kappa shape index (κ2) is 14.0. The number of hydrogen-bond donors (Lipinski definition) is 2. The number of aliphatic hydroxyl groups is 2. The monoisotopic (exact) mass is 625 g/mol. The predicted octanol–water partition coefficient (Wildman–Crippen LogP) is 2.24. The van der Waals surface area contributed by atoms with E-state index < -0.39 is 30.4 Å². The molecule has 0 aliphatic carbocycles. The Balaban J connectivity index is 1.44. The molecule has 3 aliphatic heterocycles. The van der Waals surface area contributed by atoms with Gasteiger partial charge in [0.05, 0.1) is 42.9 Å². The van der Waals surface area contributed by atoms with Crippen molar-refractivity contribution in [2.45, 2.75) is 55.9 Å². The minimum absolute atomic E-state index is 0.0841. The highest BCUT2D eigenvalue weighted by molar-refractivity contribution is 8.00. The van der Waals surface area contributed by atoms with Crippen LogP contribution in [-0.2, 0) is 40.0 Å². The lowest BCUT2D eigenvalue weighted by molar-refractivity contribution is -0.140. The molecule has 5 rings (SSSR count). The van der Waals surface area contributed by atoms with Crippen LogP contribution < -0.4 is 0 Å². The third-order valence-electron chi connectivity index (χ3n) is 8.20. The summed E-state index contributed by atoms with van der Waals surface area (Å²) in [5, 5.41) is 25.2. The first-order chi connectivity index (χ1) is 20.6. The Labute approximate surface area is 252 Å². The smallest absolute Gasteiger partial charge is 0.390 e. The fourth-order valence-electron chi connectivity index (χ4n) is 5.95. The van der Waals surface area contributed by atoms with E-state index in [1.54, 1.807) is 9.58 Å².